The summed E-state index contributed by atoms with van der Waals surface area (Å²) in [5, 5.41) is 0. The van der Waals surface area contributed by atoms with Gasteiger partial charge in [-0.25, -0.2) is 4.79 Å². The number of esters is 5. The van der Waals surface area contributed by atoms with Crippen LogP contribution in [0.15, 0.2) is 24.3 Å². The van der Waals surface area contributed by atoms with Crippen molar-refractivity contribution in [2.45, 2.75) is 201 Å². The fourth-order valence-corrected chi connectivity index (χ4v) is 10.5. The normalized spacial score (nSPS) is 19.3. The molecule has 0 amide bonds. The monoisotopic (exact) mass is 1000 g/mol. The van der Waals surface area contributed by atoms with Gasteiger partial charge in [-0.15, -0.1) is 0 Å². The topological polar surface area (TPSA) is 170 Å². The van der Waals surface area contributed by atoms with Gasteiger partial charge in [0.25, 0.3) is 0 Å². The van der Waals surface area contributed by atoms with E-state index < -0.39 is 30.1 Å². The number of ether oxygens (including phenoxy) is 7. The van der Waals surface area contributed by atoms with Gasteiger partial charge < -0.3 is 38.1 Å². The molecule has 0 aromatic rings. The van der Waals surface area contributed by atoms with Gasteiger partial charge in [0.15, 0.2) is 0 Å². The van der Waals surface area contributed by atoms with E-state index in [0.717, 1.165) is 82.8 Å². The zero-order chi connectivity index (χ0) is 51.4. The van der Waals surface area contributed by atoms with Crippen LogP contribution in [-0.4, -0.2) is 107 Å². The van der Waals surface area contributed by atoms with E-state index in [4.69, 9.17) is 33.2 Å². The maximum atomic E-state index is 13.7. The molecule has 0 aromatic heterocycles. The molecular weight excluding hydrogens is 907 g/mol. The van der Waals surface area contributed by atoms with E-state index in [2.05, 4.69) is 56.9 Å². The van der Waals surface area contributed by atoms with Crippen molar-refractivity contribution < 1.29 is 61.9 Å². The molecule has 4 aliphatic rings. The molecule has 0 aromatic carbocycles. The summed E-state index contributed by atoms with van der Waals surface area (Å²) >= 11 is 0. The molecule has 0 heterocycles. The Balaban J connectivity index is 1.57. The molecule has 0 atom stereocenters. The summed E-state index contributed by atoms with van der Waals surface area (Å²) in [6.45, 7) is 10.4. The highest BCUT2D eigenvalue weighted by Crippen LogP contribution is 2.57. The van der Waals surface area contributed by atoms with Gasteiger partial charge in [-0.2, -0.15) is 0 Å². The fourth-order valence-electron chi connectivity index (χ4n) is 10.5. The van der Waals surface area contributed by atoms with Crippen LogP contribution in [-0.2, 0) is 57.1 Å². The minimum atomic E-state index is -1.42. The summed E-state index contributed by atoms with van der Waals surface area (Å²) in [5.74, 6) is 0.854. The summed E-state index contributed by atoms with van der Waals surface area (Å²) in [6.07, 6.45) is 28.8. The first-order valence-electron chi connectivity index (χ1n) is 28.1. The molecule has 0 aliphatic heterocycles. The summed E-state index contributed by atoms with van der Waals surface area (Å²) in [4.78, 5) is 79.9. The van der Waals surface area contributed by atoms with Crippen LogP contribution < -0.4 is 0 Å². The Morgan fingerprint density at radius 1 is 0.437 bits per heavy atom. The third-order valence-electron chi connectivity index (χ3n) is 14.6. The third kappa shape index (κ3) is 27.6. The van der Waals surface area contributed by atoms with Crippen LogP contribution in [0.5, 0.6) is 0 Å². The van der Waals surface area contributed by atoms with Crippen molar-refractivity contribution >= 4 is 36.0 Å². The summed E-state index contributed by atoms with van der Waals surface area (Å²) in [5.41, 5.74) is -1.42. The predicted molar refractivity (Wildman–Crippen MR) is 274 cm³/mol. The molecule has 0 N–H and O–H groups in total. The number of unbranched alkanes of at least 4 members (excludes halogenated alkanes) is 10. The molecule has 71 heavy (non-hydrogen) atoms. The van der Waals surface area contributed by atoms with E-state index in [9.17, 15) is 28.8 Å². The average molecular weight is 1000 g/mol. The van der Waals surface area contributed by atoms with Crippen LogP contribution in [0.3, 0.4) is 0 Å². The average Bonchev–Trinajstić information content (AvgIpc) is 3.35. The van der Waals surface area contributed by atoms with Crippen molar-refractivity contribution in [2.24, 2.45) is 35.0 Å². The Bertz CT molecular complexity index is 1480. The van der Waals surface area contributed by atoms with Crippen molar-refractivity contribution in [1.82, 2.24) is 4.90 Å². The molecule has 4 fully saturated rings. The van der Waals surface area contributed by atoms with Gasteiger partial charge >= 0.3 is 36.0 Å². The third-order valence-corrected chi connectivity index (χ3v) is 14.6. The highest BCUT2D eigenvalue weighted by Gasteiger charge is 2.49. The lowest BCUT2D eigenvalue weighted by molar-refractivity contribution is -0.167. The molecule has 4 saturated carbocycles. The molecule has 14 nitrogen and oxygen atoms in total. The van der Waals surface area contributed by atoms with Crippen molar-refractivity contribution in [2.75, 3.05) is 65.9 Å². The second-order valence-electron chi connectivity index (χ2n) is 20.6. The lowest BCUT2D eigenvalue weighted by atomic mass is 9.51. The van der Waals surface area contributed by atoms with Crippen molar-refractivity contribution in [3.05, 3.63) is 24.3 Å². The van der Waals surface area contributed by atoms with Crippen molar-refractivity contribution in [3.8, 4) is 0 Å². The molecule has 4 aliphatic carbocycles. The molecular formula is C57H95NO13. The second-order valence-corrected chi connectivity index (χ2v) is 20.6. The molecule has 14 heteroatoms. The first kappa shape index (κ1) is 61.4. The zero-order valence-corrected chi connectivity index (χ0v) is 44.6. The van der Waals surface area contributed by atoms with Crippen molar-refractivity contribution in [3.63, 3.8) is 0 Å². The van der Waals surface area contributed by atoms with E-state index in [-0.39, 0.29) is 82.4 Å². The molecule has 0 unspecified atom stereocenters. The SMILES string of the molecule is CCCCC/C=C\CCOC(=O)CCCCCC(=O)OCC(COC(=O)CCCCCC(=O)OCC/C=C\CCCCC)(COC(=O)CC1C2CC3CC(C2)CC1C3)COC(=O)OCCCN(CC)CC. The molecule has 0 radical (unpaired) electrons. The van der Waals surface area contributed by atoms with Crippen LogP contribution >= 0.6 is 0 Å². The Morgan fingerprint density at radius 2 is 0.859 bits per heavy atom. The van der Waals surface area contributed by atoms with E-state index >= 15 is 0 Å². The number of hydrogen-bond donors (Lipinski definition) is 0. The molecule has 4 rings (SSSR count). The Hall–Kier alpha value is -3.94. The van der Waals surface area contributed by atoms with Gasteiger partial charge in [0, 0.05) is 38.6 Å². The number of allylic oxidation sites excluding steroid dienone is 2. The summed E-state index contributed by atoms with van der Waals surface area (Å²) in [7, 11) is 0. The number of carbonyl (C=O) groups excluding carboxylic acids is 6. The number of carbonyl (C=O) groups is 6. The lowest BCUT2D eigenvalue weighted by Gasteiger charge is -2.54. The van der Waals surface area contributed by atoms with Gasteiger partial charge in [0.05, 0.1) is 19.8 Å². The lowest BCUT2D eigenvalue weighted by Crippen LogP contribution is -2.46. The van der Waals surface area contributed by atoms with Gasteiger partial charge in [0.2, 0.25) is 0 Å². The largest absolute Gasteiger partial charge is 0.508 e. The minimum absolute atomic E-state index is 0.0686. The number of rotatable bonds is 42. The van der Waals surface area contributed by atoms with Crippen LogP contribution in [0.2, 0.25) is 0 Å². The molecule has 4 bridgehead atoms. The predicted octanol–water partition coefficient (Wildman–Crippen LogP) is 12.0. The van der Waals surface area contributed by atoms with Gasteiger partial charge in [-0.3, -0.25) is 24.0 Å². The van der Waals surface area contributed by atoms with E-state index in [1.54, 1.807) is 0 Å². The fraction of sp³-hybridized carbons (Fsp3) is 0.825. The zero-order valence-electron chi connectivity index (χ0n) is 44.6. The standard InChI is InChI=1S/C57H95NO13/c1-5-9-11-13-15-17-25-33-65-51(59)28-21-19-23-30-53(61)68-42-57(45-71-56(64)67-35-27-32-58(7-3)8-4,44-70-55(63)41-50-48-37-46-36-47(39-48)40-49(50)38-46)43-69-54(62)31-24-20-22-29-52(60)66-34-26-18-16-14-12-10-6-2/h15-18,46-50H,5-14,19-45H2,1-4H3/b17-15-,18-16-. The first-order valence-corrected chi connectivity index (χ1v) is 28.1. The quantitative estimate of drug-likeness (QED) is 0.0245. The van der Waals surface area contributed by atoms with E-state index in [1.165, 1.54) is 32.1 Å². The van der Waals surface area contributed by atoms with Crippen LogP contribution in [0.25, 0.3) is 0 Å². The van der Waals surface area contributed by atoms with Crippen molar-refractivity contribution in [1.29, 1.82) is 0 Å². The molecule has 0 spiro atoms. The van der Waals surface area contributed by atoms with E-state index in [1.807, 2.05) is 0 Å². The number of nitrogens with zero attached hydrogens (tertiary/aromatic N) is 1. The maximum absolute atomic E-state index is 13.7. The Kier molecular flexibility index (Phi) is 32.6. The smallest absolute Gasteiger partial charge is 0.465 e. The first-order chi connectivity index (χ1) is 34.5. The van der Waals surface area contributed by atoms with Gasteiger partial charge in [0.1, 0.15) is 31.8 Å². The van der Waals surface area contributed by atoms with E-state index in [0.29, 0.717) is 82.8 Å². The minimum Gasteiger partial charge on any atom is -0.465 e. The molecule has 0 saturated heterocycles. The molecule has 406 valence electrons. The number of hydrogen-bond acceptors (Lipinski definition) is 14. The highest BCUT2D eigenvalue weighted by molar-refractivity contribution is 5.71. The van der Waals surface area contributed by atoms with Gasteiger partial charge in [-0.1, -0.05) is 90.5 Å². The summed E-state index contributed by atoms with van der Waals surface area (Å²) in [6, 6.07) is 0. The Morgan fingerprint density at radius 3 is 1.31 bits per heavy atom. The highest BCUT2D eigenvalue weighted by atomic mass is 16.7. The van der Waals surface area contributed by atoms with Crippen LogP contribution in [0.4, 0.5) is 4.79 Å². The van der Waals surface area contributed by atoms with Crippen LogP contribution in [0.1, 0.15) is 201 Å². The second kappa shape index (κ2) is 37.8. The Labute approximate surface area is 427 Å². The summed E-state index contributed by atoms with van der Waals surface area (Å²) < 4.78 is 39.4. The van der Waals surface area contributed by atoms with Gasteiger partial charge in [-0.05, 0) is 145 Å². The maximum Gasteiger partial charge on any atom is 0.508 e. The van der Waals surface area contributed by atoms with Crippen LogP contribution in [0, 0.1) is 35.0 Å².